The van der Waals surface area contributed by atoms with Gasteiger partial charge in [-0.1, -0.05) is 60.7 Å². The molecule has 0 aromatic heterocycles. The second-order valence-corrected chi connectivity index (χ2v) is 8.75. The van der Waals surface area contributed by atoms with Gasteiger partial charge in [-0.15, -0.1) is 0 Å². The molecule has 38 heavy (non-hydrogen) atoms. The zero-order valence-electron chi connectivity index (χ0n) is 20.3. The van der Waals surface area contributed by atoms with Gasteiger partial charge in [0, 0.05) is 23.4 Å². The summed E-state index contributed by atoms with van der Waals surface area (Å²) in [5.41, 5.74) is 1.42. The summed E-state index contributed by atoms with van der Waals surface area (Å²) in [6.45, 7) is 1.82. The van der Waals surface area contributed by atoms with Gasteiger partial charge < -0.3 is 9.84 Å². The average molecular weight is 507 g/mol. The fourth-order valence-corrected chi connectivity index (χ4v) is 4.53. The summed E-state index contributed by atoms with van der Waals surface area (Å²) >= 11 is 0. The molecule has 188 valence electrons. The Labute approximate surface area is 218 Å². The van der Waals surface area contributed by atoms with Crippen LogP contribution in [0.4, 0.5) is 11.4 Å². The third-order valence-electron chi connectivity index (χ3n) is 6.30. The lowest BCUT2D eigenvalue weighted by Gasteiger charge is -2.27. The number of aliphatic hydroxyl groups is 1. The molecule has 1 amide bonds. The molecule has 1 heterocycles. The van der Waals surface area contributed by atoms with Gasteiger partial charge in [0.2, 0.25) is 0 Å². The van der Waals surface area contributed by atoms with Gasteiger partial charge in [-0.3, -0.25) is 24.6 Å². The molecule has 5 rings (SSSR count). The molecule has 0 spiro atoms. The number of nitro groups is 1. The van der Waals surface area contributed by atoms with Crippen molar-refractivity contribution in [3.8, 4) is 11.5 Å². The lowest BCUT2D eigenvalue weighted by molar-refractivity contribution is -0.384. The van der Waals surface area contributed by atoms with E-state index in [1.807, 2.05) is 37.3 Å². The molecule has 1 saturated heterocycles. The zero-order valence-corrected chi connectivity index (χ0v) is 20.3. The Morgan fingerprint density at radius 2 is 1.55 bits per heavy atom. The van der Waals surface area contributed by atoms with Crippen molar-refractivity contribution in [2.24, 2.45) is 0 Å². The van der Waals surface area contributed by atoms with E-state index in [1.54, 1.807) is 48.5 Å². The first-order chi connectivity index (χ1) is 18.3. The summed E-state index contributed by atoms with van der Waals surface area (Å²) in [5, 5.41) is 22.6. The van der Waals surface area contributed by atoms with E-state index >= 15 is 0 Å². The van der Waals surface area contributed by atoms with Crippen molar-refractivity contribution in [3.63, 3.8) is 0 Å². The quantitative estimate of drug-likeness (QED) is 0.108. The highest BCUT2D eigenvalue weighted by atomic mass is 16.6. The first-order valence-corrected chi connectivity index (χ1v) is 11.8. The lowest BCUT2D eigenvalue weighted by atomic mass is 9.94. The number of amides is 1. The minimum atomic E-state index is -1.00. The molecular weight excluding hydrogens is 484 g/mol. The number of aryl methyl sites for hydroxylation is 1. The molecule has 4 aromatic rings. The molecule has 0 saturated carbocycles. The van der Waals surface area contributed by atoms with E-state index in [2.05, 4.69) is 0 Å². The van der Waals surface area contributed by atoms with Crippen molar-refractivity contribution >= 4 is 28.8 Å². The summed E-state index contributed by atoms with van der Waals surface area (Å²) < 4.78 is 5.98. The average Bonchev–Trinajstić information content (AvgIpc) is 3.19. The molecule has 0 radical (unpaired) electrons. The van der Waals surface area contributed by atoms with Gasteiger partial charge in [0.05, 0.1) is 16.5 Å². The molecule has 1 aliphatic rings. The number of nitro benzene ring substituents is 1. The normalized spacial score (nSPS) is 16.4. The maximum atomic E-state index is 13.4. The summed E-state index contributed by atoms with van der Waals surface area (Å²) in [6, 6.07) is 27.5. The van der Waals surface area contributed by atoms with Gasteiger partial charge in [0.25, 0.3) is 17.4 Å². The smallest absolute Gasteiger partial charge is 0.300 e. The number of hydrogen-bond acceptors (Lipinski definition) is 6. The number of nitrogens with zero attached hydrogens (tertiary/aromatic N) is 2. The van der Waals surface area contributed by atoms with E-state index in [-0.39, 0.29) is 16.8 Å². The maximum Gasteiger partial charge on any atom is 0.300 e. The Morgan fingerprint density at radius 1 is 0.868 bits per heavy atom. The molecule has 1 fully saturated rings. The molecule has 1 N–H and O–H groups in total. The van der Waals surface area contributed by atoms with Crippen LogP contribution in [0.1, 0.15) is 22.7 Å². The molecule has 0 bridgehead atoms. The predicted octanol–water partition coefficient (Wildman–Crippen LogP) is 6.32. The van der Waals surface area contributed by atoms with E-state index in [0.29, 0.717) is 22.7 Å². The molecule has 8 heteroatoms. The minimum Gasteiger partial charge on any atom is -0.507 e. The summed E-state index contributed by atoms with van der Waals surface area (Å²) in [4.78, 5) is 38.9. The third-order valence-corrected chi connectivity index (χ3v) is 6.30. The van der Waals surface area contributed by atoms with E-state index in [0.717, 1.165) is 5.56 Å². The third kappa shape index (κ3) is 4.51. The molecule has 1 unspecified atom stereocenters. The van der Waals surface area contributed by atoms with Gasteiger partial charge in [0.15, 0.2) is 0 Å². The van der Waals surface area contributed by atoms with Crippen LogP contribution in [0.2, 0.25) is 0 Å². The van der Waals surface area contributed by atoms with Crippen LogP contribution in [-0.4, -0.2) is 21.7 Å². The summed E-state index contributed by atoms with van der Waals surface area (Å²) in [6.07, 6.45) is 0. The number of carbonyl (C=O) groups is 2. The lowest BCUT2D eigenvalue weighted by Crippen LogP contribution is -2.30. The topological polar surface area (TPSA) is 110 Å². The van der Waals surface area contributed by atoms with E-state index in [4.69, 9.17) is 4.74 Å². The second-order valence-electron chi connectivity index (χ2n) is 8.75. The van der Waals surface area contributed by atoms with Crippen molar-refractivity contribution in [2.75, 3.05) is 4.90 Å². The fourth-order valence-electron chi connectivity index (χ4n) is 4.53. The summed E-state index contributed by atoms with van der Waals surface area (Å²) in [5.74, 6) is -1.13. The number of Topliss-reactive ketones (excluding diaryl/α,β-unsaturated/α-hetero) is 1. The number of ketones is 1. The number of carbonyl (C=O) groups excluding carboxylic acids is 2. The SMILES string of the molecule is Cc1ccccc1N1C(=O)C(=O)/C(=C(\O)c2cccc([N+](=O)[O-])c2)C1c1cccc(Oc2ccccc2)c1. The summed E-state index contributed by atoms with van der Waals surface area (Å²) in [7, 11) is 0. The largest absolute Gasteiger partial charge is 0.507 e. The van der Waals surface area contributed by atoms with Crippen LogP contribution in [-0.2, 0) is 9.59 Å². The monoisotopic (exact) mass is 506 g/mol. The Morgan fingerprint density at radius 3 is 2.29 bits per heavy atom. The molecule has 4 aromatic carbocycles. The highest BCUT2D eigenvalue weighted by Crippen LogP contribution is 2.44. The molecule has 0 aliphatic carbocycles. The van der Waals surface area contributed by atoms with Crippen LogP contribution >= 0.6 is 0 Å². The molecule has 1 aliphatic heterocycles. The highest BCUT2D eigenvalue weighted by Gasteiger charge is 2.47. The van der Waals surface area contributed by atoms with E-state index in [1.165, 1.54) is 29.2 Å². The minimum absolute atomic E-state index is 0.0590. The van der Waals surface area contributed by atoms with Gasteiger partial charge in [-0.25, -0.2) is 0 Å². The number of rotatable bonds is 6. The van der Waals surface area contributed by atoms with Gasteiger partial charge in [-0.2, -0.15) is 0 Å². The highest BCUT2D eigenvalue weighted by molar-refractivity contribution is 6.51. The Bertz CT molecular complexity index is 1600. The van der Waals surface area contributed by atoms with Crippen LogP contribution in [0.3, 0.4) is 0 Å². The van der Waals surface area contributed by atoms with Crippen molar-refractivity contribution < 1.29 is 24.4 Å². The van der Waals surface area contributed by atoms with Crippen LogP contribution in [0.5, 0.6) is 11.5 Å². The Hall–Kier alpha value is -5.24. The van der Waals surface area contributed by atoms with Gasteiger partial charge in [-0.05, 0) is 48.4 Å². The van der Waals surface area contributed by atoms with Crippen LogP contribution in [0, 0.1) is 17.0 Å². The predicted molar refractivity (Wildman–Crippen MR) is 142 cm³/mol. The maximum absolute atomic E-state index is 13.4. The number of benzene rings is 4. The second kappa shape index (κ2) is 10.0. The van der Waals surface area contributed by atoms with Gasteiger partial charge in [0.1, 0.15) is 17.3 Å². The van der Waals surface area contributed by atoms with Crippen LogP contribution < -0.4 is 9.64 Å². The first-order valence-electron chi connectivity index (χ1n) is 11.8. The van der Waals surface area contributed by atoms with Crippen molar-refractivity contribution in [3.05, 3.63) is 136 Å². The number of non-ortho nitro benzene ring substituents is 1. The number of anilines is 1. The number of hydrogen-bond donors (Lipinski definition) is 1. The fraction of sp³-hybridized carbons (Fsp3) is 0.0667. The Balaban J connectivity index is 1.69. The van der Waals surface area contributed by atoms with Crippen LogP contribution in [0.15, 0.2) is 109 Å². The molecule has 1 atom stereocenters. The first kappa shape index (κ1) is 24.5. The Kier molecular flexibility index (Phi) is 6.45. The molecular formula is C30H22N2O6. The molecule has 8 nitrogen and oxygen atoms in total. The standard InChI is InChI=1S/C30H22N2O6/c1-19-9-5-6-16-25(19)31-27(20-10-8-15-24(18-20)38-23-13-3-2-4-14-23)26(29(34)30(31)35)28(33)21-11-7-12-22(17-21)32(36)37/h2-18,27,33H,1H3/b28-26-. The van der Waals surface area contributed by atoms with E-state index in [9.17, 15) is 24.8 Å². The van der Waals surface area contributed by atoms with Gasteiger partial charge >= 0.3 is 0 Å². The zero-order chi connectivity index (χ0) is 26.8. The van der Waals surface area contributed by atoms with Crippen molar-refractivity contribution in [1.82, 2.24) is 0 Å². The van der Waals surface area contributed by atoms with Crippen molar-refractivity contribution in [1.29, 1.82) is 0 Å². The number of ether oxygens (including phenoxy) is 1. The van der Waals surface area contributed by atoms with E-state index < -0.39 is 28.4 Å². The number of aliphatic hydroxyl groups excluding tert-OH is 1. The van der Waals surface area contributed by atoms with Crippen LogP contribution in [0.25, 0.3) is 5.76 Å². The van der Waals surface area contributed by atoms with Crippen molar-refractivity contribution in [2.45, 2.75) is 13.0 Å². The number of para-hydroxylation sites is 2.